The topological polar surface area (TPSA) is 66.8 Å². The molecule has 2 atom stereocenters. The summed E-state index contributed by atoms with van der Waals surface area (Å²) in [5, 5.41) is 9.04. The van der Waals surface area contributed by atoms with Crippen LogP contribution in [0.25, 0.3) is 0 Å². The molecule has 19 heavy (non-hydrogen) atoms. The zero-order valence-electron chi connectivity index (χ0n) is 10.4. The van der Waals surface area contributed by atoms with Crippen LogP contribution in [0.4, 0.5) is 0 Å². The fourth-order valence-corrected chi connectivity index (χ4v) is 2.48. The third-order valence-corrected chi connectivity index (χ3v) is 3.36. The van der Waals surface area contributed by atoms with Crippen LogP contribution in [0.3, 0.4) is 0 Å². The van der Waals surface area contributed by atoms with Gasteiger partial charge < -0.3 is 14.7 Å². The second kappa shape index (κ2) is 5.48. The number of hydrogen-bond acceptors (Lipinski definition) is 3. The Morgan fingerprint density at radius 2 is 2.32 bits per heavy atom. The number of ether oxygens (including phenoxy) is 1. The van der Waals surface area contributed by atoms with Crippen LogP contribution in [0, 0.1) is 0 Å². The van der Waals surface area contributed by atoms with E-state index in [1.807, 2.05) is 0 Å². The highest BCUT2D eigenvalue weighted by molar-refractivity contribution is 6.22. The molecule has 102 valence electrons. The van der Waals surface area contributed by atoms with Gasteiger partial charge in [-0.05, 0) is 17.7 Å². The highest BCUT2D eigenvalue weighted by Gasteiger charge is 2.37. The summed E-state index contributed by atoms with van der Waals surface area (Å²) in [6.45, 7) is 0.245. The lowest BCUT2D eigenvalue weighted by molar-refractivity contribution is -0.148. The van der Waals surface area contributed by atoms with Gasteiger partial charge in [-0.15, -0.1) is 11.6 Å². The highest BCUT2D eigenvalue weighted by atomic mass is 35.5. The molecule has 1 aliphatic heterocycles. The lowest BCUT2D eigenvalue weighted by Gasteiger charge is -2.24. The quantitative estimate of drug-likeness (QED) is 0.854. The van der Waals surface area contributed by atoms with Crippen LogP contribution in [0.15, 0.2) is 24.3 Å². The molecule has 1 amide bonds. The molecule has 0 aromatic heterocycles. The third kappa shape index (κ3) is 2.81. The summed E-state index contributed by atoms with van der Waals surface area (Å²) in [5.41, 5.74) is 0.506. The van der Waals surface area contributed by atoms with Crippen molar-refractivity contribution in [3.63, 3.8) is 0 Å². The van der Waals surface area contributed by atoms with E-state index in [2.05, 4.69) is 0 Å². The first-order valence-electron chi connectivity index (χ1n) is 5.83. The van der Waals surface area contributed by atoms with Gasteiger partial charge in [-0.25, -0.2) is 4.79 Å². The smallest absolute Gasteiger partial charge is 0.331 e. The van der Waals surface area contributed by atoms with Crippen molar-refractivity contribution in [3.8, 4) is 5.75 Å². The van der Waals surface area contributed by atoms with E-state index in [0.29, 0.717) is 11.3 Å². The fourth-order valence-electron chi connectivity index (χ4n) is 2.20. The Morgan fingerprint density at radius 1 is 1.58 bits per heavy atom. The van der Waals surface area contributed by atoms with Crippen LogP contribution < -0.4 is 4.74 Å². The van der Waals surface area contributed by atoms with E-state index in [-0.39, 0.29) is 24.2 Å². The molecule has 1 heterocycles. The monoisotopic (exact) mass is 283 g/mol. The minimum atomic E-state index is -1.08. The first-order valence-corrected chi connectivity index (χ1v) is 6.27. The average Bonchev–Trinajstić information content (AvgIpc) is 2.68. The maximum Gasteiger partial charge on any atom is 0.331 e. The van der Waals surface area contributed by atoms with Gasteiger partial charge in [0.2, 0.25) is 5.91 Å². The Morgan fingerprint density at radius 3 is 2.84 bits per heavy atom. The predicted octanol–water partition coefficient (Wildman–Crippen LogP) is 1.66. The standard InChI is InChI=1S/C13H14ClNO4/c1-19-10-4-2-3-8(5-10)12(13(17)18)15-7-9(14)6-11(15)16/h2-5,9,12H,6-7H2,1H3,(H,17,18). The molecule has 6 heteroatoms. The van der Waals surface area contributed by atoms with Gasteiger partial charge in [-0.2, -0.15) is 0 Å². The van der Waals surface area contributed by atoms with E-state index < -0.39 is 12.0 Å². The largest absolute Gasteiger partial charge is 0.497 e. The van der Waals surface area contributed by atoms with E-state index in [9.17, 15) is 14.7 Å². The second-order valence-electron chi connectivity index (χ2n) is 4.36. The normalized spacial score (nSPS) is 20.4. The number of carbonyl (C=O) groups is 2. The van der Waals surface area contributed by atoms with Gasteiger partial charge in [0, 0.05) is 13.0 Å². The minimum Gasteiger partial charge on any atom is -0.497 e. The Balaban J connectivity index is 2.34. The summed E-state index contributed by atoms with van der Waals surface area (Å²) in [4.78, 5) is 24.6. The lowest BCUT2D eigenvalue weighted by atomic mass is 10.1. The van der Waals surface area contributed by atoms with Crippen molar-refractivity contribution in [1.29, 1.82) is 0 Å². The van der Waals surface area contributed by atoms with Crippen LogP contribution in [0.1, 0.15) is 18.0 Å². The number of likely N-dealkylation sites (tertiary alicyclic amines) is 1. The van der Waals surface area contributed by atoms with Crippen LogP contribution >= 0.6 is 11.6 Å². The second-order valence-corrected chi connectivity index (χ2v) is 4.98. The fraction of sp³-hybridized carbons (Fsp3) is 0.385. The van der Waals surface area contributed by atoms with Gasteiger partial charge in [0.25, 0.3) is 0 Å². The SMILES string of the molecule is COc1cccc(C(C(=O)O)N2CC(Cl)CC2=O)c1. The van der Waals surface area contributed by atoms with Crippen molar-refractivity contribution in [1.82, 2.24) is 4.90 Å². The van der Waals surface area contributed by atoms with Crippen molar-refractivity contribution >= 4 is 23.5 Å². The number of halogens is 1. The zero-order chi connectivity index (χ0) is 14.0. The van der Waals surface area contributed by atoms with Crippen molar-refractivity contribution in [2.24, 2.45) is 0 Å². The van der Waals surface area contributed by atoms with Gasteiger partial charge in [-0.1, -0.05) is 12.1 Å². The first kappa shape index (κ1) is 13.7. The van der Waals surface area contributed by atoms with E-state index in [1.165, 1.54) is 12.0 Å². The summed E-state index contributed by atoms with van der Waals surface area (Å²) in [6, 6.07) is 5.68. The van der Waals surface area contributed by atoms with Gasteiger partial charge >= 0.3 is 5.97 Å². The number of methoxy groups -OCH3 is 1. The van der Waals surface area contributed by atoms with E-state index >= 15 is 0 Å². The molecule has 2 rings (SSSR count). The number of rotatable bonds is 4. The number of alkyl halides is 1. The Labute approximate surface area is 115 Å². The van der Waals surface area contributed by atoms with Crippen LogP contribution in [0.2, 0.25) is 0 Å². The number of carboxylic acid groups (broad SMARTS) is 1. The predicted molar refractivity (Wildman–Crippen MR) is 69.3 cm³/mol. The number of nitrogens with zero attached hydrogens (tertiary/aromatic N) is 1. The minimum absolute atomic E-state index is 0.176. The Hall–Kier alpha value is -1.75. The molecule has 1 aromatic rings. The summed E-state index contributed by atoms with van der Waals surface area (Å²) in [7, 11) is 1.50. The van der Waals surface area contributed by atoms with Crippen molar-refractivity contribution < 1.29 is 19.4 Å². The van der Waals surface area contributed by atoms with Gasteiger partial charge in [-0.3, -0.25) is 4.79 Å². The number of amides is 1. The third-order valence-electron chi connectivity index (χ3n) is 3.07. The van der Waals surface area contributed by atoms with Crippen LogP contribution in [0.5, 0.6) is 5.75 Å². The molecule has 1 fully saturated rings. The number of carbonyl (C=O) groups excluding carboxylic acids is 1. The summed E-state index contributed by atoms with van der Waals surface area (Å²) < 4.78 is 5.07. The van der Waals surface area contributed by atoms with E-state index in [0.717, 1.165) is 0 Å². The molecule has 1 aliphatic rings. The summed E-state index contributed by atoms with van der Waals surface area (Å²) >= 11 is 5.92. The maximum absolute atomic E-state index is 11.8. The molecule has 2 unspecified atom stereocenters. The molecule has 1 aromatic carbocycles. The molecule has 5 nitrogen and oxygen atoms in total. The van der Waals surface area contributed by atoms with E-state index in [1.54, 1.807) is 24.3 Å². The molecule has 0 aliphatic carbocycles. The molecule has 0 saturated carbocycles. The molecular weight excluding hydrogens is 270 g/mol. The molecular formula is C13H14ClNO4. The number of carboxylic acids is 1. The molecule has 1 saturated heterocycles. The van der Waals surface area contributed by atoms with Crippen LogP contribution in [-0.4, -0.2) is 40.9 Å². The summed E-state index contributed by atoms with van der Waals surface area (Å²) in [6.07, 6.45) is 0.176. The van der Waals surface area contributed by atoms with Gasteiger partial charge in [0.1, 0.15) is 5.75 Å². The Bertz CT molecular complexity index is 505. The molecule has 0 bridgehead atoms. The zero-order valence-corrected chi connectivity index (χ0v) is 11.1. The lowest BCUT2D eigenvalue weighted by Crippen LogP contribution is -2.35. The first-order chi connectivity index (χ1) is 9.02. The number of hydrogen-bond donors (Lipinski definition) is 1. The highest BCUT2D eigenvalue weighted by Crippen LogP contribution is 2.30. The number of aliphatic carboxylic acids is 1. The number of benzene rings is 1. The van der Waals surface area contributed by atoms with Crippen molar-refractivity contribution in [3.05, 3.63) is 29.8 Å². The Kier molecular flexibility index (Phi) is 3.95. The molecule has 0 radical (unpaired) electrons. The maximum atomic E-state index is 11.8. The van der Waals surface area contributed by atoms with Gasteiger partial charge in [0.15, 0.2) is 6.04 Å². The van der Waals surface area contributed by atoms with Crippen LogP contribution in [-0.2, 0) is 9.59 Å². The van der Waals surface area contributed by atoms with E-state index in [4.69, 9.17) is 16.3 Å². The van der Waals surface area contributed by atoms with Crippen molar-refractivity contribution in [2.45, 2.75) is 17.8 Å². The van der Waals surface area contributed by atoms with Crippen molar-refractivity contribution in [2.75, 3.05) is 13.7 Å². The summed E-state index contributed by atoms with van der Waals surface area (Å²) in [5.74, 6) is -0.764. The average molecular weight is 284 g/mol. The molecule has 0 spiro atoms. The molecule has 1 N–H and O–H groups in total. The van der Waals surface area contributed by atoms with Gasteiger partial charge in [0.05, 0.1) is 12.5 Å².